The summed E-state index contributed by atoms with van der Waals surface area (Å²) in [4.78, 5) is 29.8. The van der Waals surface area contributed by atoms with Gasteiger partial charge in [0.05, 0.1) is 10.6 Å². The van der Waals surface area contributed by atoms with Crippen LogP contribution in [0.15, 0.2) is 83.9 Å². The molecule has 1 aliphatic rings. The molecule has 1 aliphatic heterocycles. The van der Waals surface area contributed by atoms with Crippen molar-refractivity contribution >= 4 is 46.2 Å². The standard InChI is InChI=1S/C23H17N3O3S2/c27-21(17-9-11-19(12-10-17)29-15-16-6-2-1-3-7-16)25-26-22(28)20(31-23(26)30)14-18-8-4-5-13-24-18/h1-14H,15H2,(H,25,27). The molecule has 3 aromatic rings. The maximum Gasteiger partial charge on any atom is 0.285 e. The minimum Gasteiger partial charge on any atom is -0.489 e. The zero-order chi connectivity index (χ0) is 21.6. The second-order valence-electron chi connectivity index (χ2n) is 6.51. The van der Waals surface area contributed by atoms with Crippen LogP contribution in [0.5, 0.6) is 5.75 Å². The first-order chi connectivity index (χ1) is 15.1. The van der Waals surface area contributed by atoms with Gasteiger partial charge in [0.25, 0.3) is 11.8 Å². The number of hydrogen-bond donors (Lipinski definition) is 1. The molecule has 1 saturated heterocycles. The molecule has 0 atom stereocenters. The molecular weight excluding hydrogens is 430 g/mol. The van der Waals surface area contributed by atoms with Gasteiger partial charge in [-0.15, -0.1) is 0 Å². The SMILES string of the molecule is O=C(NN1C(=O)C(=Cc2ccccn2)SC1=S)c1ccc(OCc2ccccc2)cc1. The first-order valence-electron chi connectivity index (χ1n) is 9.37. The molecule has 4 rings (SSSR count). The van der Waals surface area contributed by atoms with Crippen molar-refractivity contribution in [3.05, 3.63) is 101 Å². The Kier molecular flexibility index (Phi) is 6.40. The average molecular weight is 448 g/mol. The van der Waals surface area contributed by atoms with Crippen LogP contribution >= 0.6 is 24.0 Å². The van der Waals surface area contributed by atoms with Crippen LogP contribution in [0.3, 0.4) is 0 Å². The smallest absolute Gasteiger partial charge is 0.285 e. The van der Waals surface area contributed by atoms with Crippen molar-refractivity contribution in [2.24, 2.45) is 0 Å². The molecule has 1 fully saturated rings. The van der Waals surface area contributed by atoms with Gasteiger partial charge < -0.3 is 4.74 Å². The van der Waals surface area contributed by atoms with Gasteiger partial charge in [0.2, 0.25) is 0 Å². The number of thiocarbonyl (C=S) groups is 1. The lowest BCUT2D eigenvalue weighted by Crippen LogP contribution is -2.44. The summed E-state index contributed by atoms with van der Waals surface area (Å²) in [6, 6.07) is 21.9. The third-order valence-corrected chi connectivity index (χ3v) is 5.64. The summed E-state index contributed by atoms with van der Waals surface area (Å²) in [6.07, 6.45) is 3.28. The van der Waals surface area contributed by atoms with E-state index in [0.717, 1.165) is 22.3 Å². The lowest BCUT2D eigenvalue weighted by Gasteiger charge is -2.15. The number of carbonyl (C=O) groups excluding carboxylic acids is 2. The van der Waals surface area contributed by atoms with Gasteiger partial charge in [-0.1, -0.05) is 48.2 Å². The normalized spacial score (nSPS) is 14.7. The van der Waals surface area contributed by atoms with Gasteiger partial charge >= 0.3 is 0 Å². The van der Waals surface area contributed by atoms with E-state index in [1.807, 2.05) is 36.4 Å². The Balaban J connectivity index is 1.38. The maximum atomic E-state index is 12.6. The quantitative estimate of drug-likeness (QED) is 0.451. The molecule has 154 valence electrons. The van der Waals surface area contributed by atoms with E-state index in [1.54, 1.807) is 48.7 Å². The van der Waals surface area contributed by atoms with Gasteiger partial charge in [0.1, 0.15) is 12.4 Å². The highest BCUT2D eigenvalue weighted by Gasteiger charge is 2.33. The fourth-order valence-corrected chi connectivity index (χ4v) is 3.93. The van der Waals surface area contributed by atoms with Gasteiger partial charge in [-0.3, -0.25) is 20.0 Å². The summed E-state index contributed by atoms with van der Waals surface area (Å²) >= 11 is 6.37. The lowest BCUT2D eigenvalue weighted by molar-refractivity contribution is -0.123. The van der Waals surface area contributed by atoms with Crippen LogP contribution in [0, 0.1) is 0 Å². The van der Waals surface area contributed by atoms with Crippen molar-refractivity contribution in [2.45, 2.75) is 6.61 Å². The van der Waals surface area contributed by atoms with Crippen LogP contribution in [-0.4, -0.2) is 26.1 Å². The number of rotatable bonds is 6. The third-order valence-electron chi connectivity index (χ3n) is 4.34. The Labute approximate surface area is 188 Å². The predicted octanol–water partition coefficient (Wildman–Crippen LogP) is 4.21. The molecule has 0 unspecified atom stereocenters. The highest BCUT2D eigenvalue weighted by Crippen LogP contribution is 2.31. The Hall–Kier alpha value is -3.49. The van der Waals surface area contributed by atoms with Crippen molar-refractivity contribution in [1.82, 2.24) is 15.4 Å². The van der Waals surface area contributed by atoms with Gasteiger partial charge in [-0.25, -0.2) is 0 Å². The molecule has 2 aromatic carbocycles. The minimum absolute atomic E-state index is 0.253. The van der Waals surface area contributed by atoms with Crippen LogP contribution < -0.4 is 10.2 Å². The number of hydrazine groups is 1. The number of pyridine rings is 1. The second kappa shape index (κ2) is 9.55. The Morgan fingerprint density at radius 1 is 1.06 bits per heavy atom. The van der Waals surface area contributed by atoms with Crippen LogP contribution in [0.25, 0.3) is 6.08 Å². The molecule has 2 amide bonds. The Bertz CT molecular complexity index is 1130. The number of hydrogen-bond acceptors (Lipinski definition) is 6. The van der Waals surface area contributed by atoms with Gasteiger partial charge in [0.15, 0.2) is 4.32 Å². The topological polar surface area (TPSA) is 71.5 Å². The highest BCUT2D eigenvalue weighted by molar-refractivity contribution is 8.26. The molecule has 1 aromatic heterocycles. The molecule has 0 saturated carbocycles. The second-order valence-corrected chi connectivity index (χ2v) is 8.19. The average Bonchev–Trinajstić information content (AvgIpc) is 3.06. The van der Waals surface area contributed by atoms with Crippen molar-refractivity contribution in [3.8, 4) is 5.75 Å². The third kappa shape index (κ3) is 5.17. The molecule has 0 radical (unpaired) electrons. The zero-order valence-corrected chi connectivity index (χ0v) is 17.9. The first-order valence-corrected chi connectivity index (χ1v) is 10.6. The maximum absolute atomic E-state index is 12.6. The fourth-order valence-electron chi connectivity index (χ4n) is 2.77. The van der Waals surface area contributed by atoms with Crippen LogP contribution in [-0.2, 0) is 11.4 Å². The number of amides is 2. The van der Waals surface area contributed by atoms with E-state index in [0.29, 0.717) is 28.5 Å². The van der Waals surface area contributed by atoms with Crippen LogP contribution in [0.1, 0.15) is 21.6 Å². The molecular formula is C23H17N3O3S2. The molecule has 6 nitrogen and oxygen atoms in total. The number of ether oxygens (including phenoxy) is 1. The van der Waals surface area contributed by atoms with Crippen LogP contribution in [0.2, 0.25) is 0 Å². The molecule has 0 bridgehead atoms. The van der Waals surface area contributed by atoms with Gasteiger partial charge in [-0.05, 0) is 60.3 Å². The number of nitrogens with zero attached hydrogens (tertiary/aromatic N) is 2. The van der Waals surface area contributed by atoms with E-state index in [4.69, 9.17) is 17.0 Å². The zero-order valence-electron chi connectivity index (χ0n) is 16.2. The van der Waals surface area contributed by atoms with Crippen molar-refractivity contribution in [2.75, 3.05) is 0 Å². The predicted molar refractivity (Wildman–Crippen MR) is 124 cm³/mol. The van der Waals surface area contributed by atoms with E-state index in [-0.39, 0.29) is 4.32 Å². The van der Waals surface area contributed by atoms with E-state index in [9.17, 15) is 9.59 Å². The number of benzene rings is 2. The van der Waals surface area contributed by atoms with Crippen molar-refractivity contribution < 1.29 is 14.3 Å². The Morgan fingerprint density at radius 3 is 2.52 bits per heavy atom. The summed E-state index contributed by atoms with van der Waals surface area (Å²) in [5.41, 5.74) is 4.65. The van der Waals surface area contributed by atoms with E-state index in [2.05, 4.69) is 10.4 Å². The first kappa shape index (κ1) is 20.8. The highest BCUT2D eigenvalue weighted by atomic mass is 32.2. The number of thioether (sulfide) groups is 1. The van der Waals surface area contributed by atoms with Crippen molar-refractivity contribution in [1.29, 1.82) is 0 Å². The molecule has 0 spiro atoms. The summed E-state index contributed by atoms with van der Waals surface area (Å²) in [6.45, 7) is 0.436. The van der Waals surface area contributed by atoms with Crippen LogP contribution in [0.4, 0.5) is 0 Å². The number of carbonyl (C=O) groups is 2. The largest absolute Gasteiger partial charge is 0.489 e. The molecule has 31 heavy (non-hydrogen) atoms. The van der Waals surface area contributed by atoms with Crippen molar-refractivity contribution in [3.63, 3.8) is 0 Å². The molecule has 1 N–H and O–H groups in total. The summed E-state index contributed by atoms with van der Waals surface area (Å²) in [5.74, 6) is -0.189. The number of nitrogens with one attached hydrogen (secondary N) is 1. The molecule has 8 heteroatoms. The minimum atomic E-state index is -0.440. The number of aromatic nitrogens is 1. The van der Waals surface area contributed by atoms with E-state index in [1.165, 1.54) is 0 Å². The lowest BCUT2D eigenvalue weighted by atomic mass is 10.2. The van der Waals surface area contributed by atoms with E-state index < -0.39 is 11.8 Å². The molecule has 0 aliphatic carbocycles. The van der Waals surface area contributed by atoms with E-state index >= 15 is 0 Å². The summed E-state index contributed by atoms with van der Waals surface area (Å²) < 4.78 is 5.98. The summed E-state index contributed by atoms with van der Waals surface area (Å²) in [7, 11) is 0. The molecule has 2 heterocycles. The Morgan fingerprint density at radius 2 is 1.81 bits per heavy atom. The van der Waals surface area contributed by atoms with Gasteiger partial charge in [0, 0.05) is 11.8 Å². The monoisotopic (exact) mass is 447 g/mol. The van der Waals surface area contributed by atoms with Gasteiger partial charge in [-0.2, -0.15) is 5.01 Å². The fraction of sp³-hybridized carbons (Fsp3) is 0.0435. The summed E-state index contributed by atoms with van der Waals surface area (Å²) in [5, 5.41) is 1.08.